The Hall–Kier alpha value is -3.02. The Bertz CT molecular complexity index is 1330. The topological polar surface area (TPSA) is 238 Å². The van der Waals surface area contributed by atoms with Gasteiger partial charge >= 0.3 is 0 Å². The lowest BCUT2D eigenvalue weighted by molar-refractivity contribution is 0.557. The van der Waals surface area contributed by atoms with Crippen LogP contribution in [0, 0.1) is 0 Å². The first-order valence-electron chi connectivity index (χ1n) is 9.65. The van der Waals surface area contributed by atoms with E-state index in [2.05, 4.69) is 35.6 Å². The highest BCUT2D eigenvalue weighted by atomic mass is 32.2. The van der Waals surface area contributed by atoms with Crippen molar-refractivity contribution >= 4 is 25.9 Å². The summed E-state index contributed by atoms with van der Waals surface area (Å²) in [6.45, 7) is 2.23. The molecule has 0 amide bonds. The number of rotatable bonds is 10. The van der Waals surface area contributed by atoms with Crippen LogP contribution in [-0.4, -0.2) is 68.1 Å². The van der Waals surface area contributed by atoms with Crippen molar-refractivity contribution < 1.29 is 16.8 Å². The molecule has 0 aliphatic carbocycles. The molecular weight excluding hydrogens is 472 g/mol. The van der Waals surface area contributed by atoms with Gasteiger partial charge in [-0.3, -0.25) is 0 Å². The lowest BCUT2D eigenvalue weighted by Gasteiger charge is -2.19. The summed E-state index contributed by atoms with van der Waals surface area (Å²) in [5.74, 6) is 0.213. The molecule has 0 aliphatic heterocycles. The summed E-state index contributed by atoms with van der Waals surface area (Å²) in [6, 6.07) is 5.20. The van der Waals surface area contributed by atoms with E-state index in [0.717, 1.165) is 6.07 Å². The molecule has 14 nitrogen and oxygen atoms in total. The Morgan fingerprint density at radius 2 is 1.88 bits per heavy atom. The number of hydrogen-bond acceptors (Lipinski definition) is 11. The van der Waals surface area contributed by atoms with Crippen molar-refractivity contribution in [2.75, 3.05) is 25.0 Å². The molecule has 1 atom stereocenters. The van der Waals surface area contributed by atoms with Crippen molar-refractivity contribution in [1.82, 2.24) is 30.3 Å². The van der Waals surface area contributed by atoms with Crippen molar-refractivity contribution in [3.63, 3.8) is 0 Å². The van der Waals surface area contributed by atoms with E-state index in [1.807, 2.05) is 0 Å². The predicted molar refractivity (Wildman–Crippen MR) is 121 cm³/mol. The molecular formula is C17H24N10O4S2. The molecule has 0 fully saturated rings. The highest BCUT2D eigenvalue weighted by molar-refractivity contribution is 7.92. The zero-order valence-corrected chi connectivity index (χ0v) is 19.2. The Kier molecular flexibility index (Phi) is 7.35. The standard InChI is InChI=1S/C17H24N10O4S2/c1-10(9-19)25-33(30,31)13-5-4-11(12-3-2-7-21-16(12)22-8-6-18)14(15(13)32(20,28)29)17-23-26-27-24-17/h2-5,7,10,25H,6,8-9,18-19H2,1H3,(H,21,22)(H2,20,28,29)(H,23,24,26,27). The van der Waals surface area contributed by atoms with Crippen LogP contribution in [0.4, 0.5) is 5.82 Å². The minimum Gasteiger partial charge on any atom is -0.368 e. The van der Waals surface area contributed by atoms with E-state index in [4.69, 9.17) is 16.6 Å². The molecule has 2 aromatic heterocycles. The van der Waals surface area contributed by atoms with Crippen LogP contribution in [0.25, 0.3) is 22.5 Å². The number of anilines is 1. The number of nitrogens with zero attached hydrogens (tertiary/aromatic N) is 4. The minimum atomic E-state index is -4.61. The van der Waals surface area contributed by atoms with Gasteiger partial charge in [0.1, 0.15) is 15.6 Å². The van der Waals surface area contributed by atoms with Crippen LogP contribution < -0.4 is 26.6 Å². The fourth-order valence-electron chi connectivity index (χ4n) is 3.10. The molecule has 0 radical (unpaired) electrons. The Morgan fingerprint density at radius 3 is 2.48 bits per heavy atom. The number of aromatic amines is 1. The maximum atomic E-state index is 13.1. The van der Waals surface area contributed by atoms with Gasteiger partial charge in [-0.25, -0.2) is 31.7 Å². The van der Waals surface area contributed by atoms with Crippen molar-refractivity contribution in [1.29, 1.82) is 0 Å². The second-order valence-corrected chi connectivity index (χ2v) is 10.1. The molecule has 3 aromatic rings. The summed E-state index contributed by atoms with van der Waals surface area (Å²) in [4.78, 5) is 3.01. The molecule has 0 spiro atoms. The van der Waals surface area contributed by atoms with Crippen LogP contribution >= 0.6 is 0 Å². The highest BCUT2D eigenvalue weighted by Gasteiger charge is 2.33. The third-order valence-electron chi connectivity index (χ3n) is 4.51. The van der Waals surface area contributed by atoms with Crippen molar-refractivity contribution in [2.45, 2.75) is 22.8 Å². The van der Waals surface area contributed by atoms with E-state index >= 15 is 0 Å². The van der Waals surface area contributed by atoms with Gasteiger partial charge in [-0.05, 0) is 35.9 Å². The third-order valence-corrected chi connectivity index (χ3v) is 7.26. The SMILES string of the molecule is CC(CN)NS(=O)(=O)c1ccc(-c2cccnc2NCCN)c(-c2nn[nH]n2)c1S(N)(=O)=O. The van der Waals surface area contributed by atoms with E-state index in [0.29, 0.717) is 24.5 Å². The molecule has 16 heteroatoms. The molecule has 0 aliphatic rings. The lowest BCUT2D eigenvalue weighted by atomic mass is 9.99. The van der Waals surface area contributed by atoms with E-state index in [1.165, 1.54) is 19.2 Å². The number of nitrogens with one attached hydrogen (secondary N) is 3. The summed E-state index contributed by atoms with van der Waals surface area (Å²) in [5.41, 5.74) is 11.6. The first-order chi connectivity index (χ1) is 15.6. The van der Waals surface area contributed by atoms with Crippen molar-refractivity contribution in [3.8, 4) is 22.5 Å². The normalized spacial score (nSPS) is 13.1. The summed E-state index contributed by atoms with van der Waals surface area (Å²) < 4.78 is 53.9. The lowest BCUT2D eigenvalue weighted by Crippen LogP contribution is -2.38. The van der Waals surface area contributed by atoms with Crippen LogP contribution in [-0.2, 0) is 20.0 Å². The van der Waals surface area contributed by atoms with Crippen LogP contribution in [0.3, 0.4) is 0 Å². The average Bonchev–Trinajstić information content (AvgIpc) is 3.30. The predicted octanol–water partition coefficient (Wildman–Crippen LogP) is -1.43. The van der Waals surface area contributed by atoms with E-state index in [-0.39, 0.29) is 23.5 Å². The Labute approximate surface area is 190 Å². The molecule has 0 saturated carbocycles. The first kappa shape index (κ1) is 24.6. The van der Waals surface area contributed by atoms with Gasteiger partial charge < -0.3 is 16.8 Å². The molecule has 178 valence electrons. The number of aromatic nitrogens is 5. The Morgan fingerprint density at radius 1 is 1.12 bits per heavy atom. The maximum Gasteiger partial charge on any atom is 0.242 e. The third kappa shape index (κ3) is 5.32. The fourth-order valence-corrected chi connectivity index (χ4v) is 5.96. The number of tetrazole rings is 1. The van der Waals surface area contributed by atoms with Crippen LogP contribution in [0.5, 0.6) is 0 Å². The number of nitrogens with two attached hydrogens (primary N) is 3. The molecule has 0 bridgehead atoms. The number of hydrogen-bond donors (Lipinski definition) is 6. The van der Waals surface area contributed by atoms with Gasteiger partial charge in [0.05, 0.1) is 5.56 Å². The summed E-state index contributed by atoms with van der Waals surface area (Å²) >= 11 is 0. The van der Waals surface area contributed by atoms with E-state index in [9.17, 15) is 16.8 Å². The number of pyridine rings is 1. The summed E-state index contributed by atoms with van der Waals surface area (Å²) in [6.07, 6.45) is 1.54. The van der Waals surface area contributed by atoms with E-state index in [1.54, 1.807) is 12.1 Å². The highest BCUT2D eigenvalue weighted by Crippen LogP contribution is 2.40. The number of sulfonamides is 2. The zero-order valence-electron chi connectivity index (χ0n) is 17.6. The second-order valence-electron chi connectivity index (χ2n) is 6.97. The minimum absolute atomic E-state index is 0.00836. The molecule has 1 unspecified atom stereocenters. The number of benzene rings is 1. The van der Waals surface area contributed by atoms with Gasteiger partial charge in [-0.15, -0.1) is 10.2 Å². The smallest absolute Gasteiger partial charge is 0.242 e. The van der Waals surface area contributed by atoms with Gasteiger partial charge in [-0.1, -0.05) is 6.07 Å². The largest absolute Gasteiger partial charge is 0.368 e. The van der Waals surface area contributed by atoms with Crippen LogP contribution in [0.2, 0.25) is 0 Å². The first-order valence-corrected chi connectivity index (χ1v) is 12.7. The number of primary sulfonamides is 1. The maximum absolute atomic E-state index is 13.1. The summed E-state index contributed by atoms with van der Waals surface area (Å²) in [5, 5.41) is 22.0. The molecule has 33 heavy (non-hydrogen) atoms. The molecule has 3 rings (SSSR count). The summed E-state index contributed by atoms with van der Waals surface area (Å²) in [7, 11) is -8.95. The number of H-pyrrole nitrogens is 1. The van der Waals surface area contributed by atoms with Crippen molar-refractivity contribution in [3.05, 3.63) is 30.5 Å². The van der Waals surface area contributed by atoms with Gasteiger partial charge in [0.2, 0.25) is 25.9 Å². The van der Waals surface area contributed by atoms with E-state index < -0.39 is 35.9 Å². The second kappa shape index (κ2) is 9.86. The van der Waals surface area contributed by atoms with Gasteiger partial charge in [-0.2, -0.15) is 5.21 Å². The molecule has 9 N–H and O–H groups in total. The monoisotopic (exact) mass is 496 g/mol. The average molecular weight is 497 g/mol. The quantitative estimate of drug-likeness (QED) is 0.190. The zero-order chi connectivity index (χ0) is 24.2. The van der Waals surface area contributed by atoms with Crippen molar-refractivity contribution in [2.24, 2.45) is 16.6 Å². The van der Waals surface area contributed by atoms with Gasteiger partial charge in [0, 0.05) is 37.4 Å². The molecule has 1 aromatic carbocycles. The fraction of sp³-hybridized carbons (Fsp3) is 0.294. The molecule has 2 heterocycles. The van der Waals surface area contributed by atoms with Crippen LogP contribution in [0.1, 0.15) is 6.92 Å². The Balaban J connectivity index is 2.40. The van der Waals surface area contributed by atoms with Gasteiger partial charge in [0.15, 0.2) is 0 Å². The van der Waals surface area contributed by atoms with Crippen LogP contribution in [0.15, 0.2) is 40.3 Å². The van der Waals surface area contributed by atoms with Gasteiger partial charge in [0.25, 0.3) is 0 Å². The molecule has 0 saturated heterocycles.